The molecule has 0 saturated carbocycles. The van der Waals surface area contributed by atoms with E-state index in [2.05, 4.69) is 20.6 Å². The molecule has 0 saturated heterocycles. The third-order valence-electron chi connectivity index (χ3n) is 4.76. The highest BCUT2D eigenvalue weighted by Gasteiger charge is 2.11. The maximum Gasteiger partial charge on any atom is 0.320 e. The largest absolute Gasteiger partial charge is 0.366 e. The minimum atomic E-state index is -0.512. The van der Waals surface area contributed by atoms with Gasteiger partial charge in [0.15, 0.2) is 0 Å². The first-order valence-electron chi connectivity index (χ1n) is 9.74. The van der Waals surface area contributed by atoms with E-state index in [0.717, 1.165) is 22.1 Å². The van der Waals surface area contributed by atoms with Gasteiger partial charge in [0.2, 0.25) is 5.91 Å². The van der Waals surface area contributed by atoms with Crippen LogP contribution in [0.5, 0.6) is 0 Å². The summed E-state index contributed by atoms with van der Waals surface area (Å²) in [6.07, 6.45) is 3.49. The fourth-order valence-electron chi connectivity index (χ4n) is 3.22. The average Bonchev–Trinajstić information content (AvgIpc) is 3.19. The standard InChI is InChI=1S/C24H21N5O2/c25-22(30)20(17-9-5-2-6-10-17)13-18-15-26-23-19(18)11-12-21(28-23)29-24(31)27-14-16-7-3-1-4-8-16/h1-13,15H,14H2,(H2,25,30)(H3,26,27,28,29,31). The number of anilines is 1. The maximum absolute atomic E-state index is 12.2. The van der Waals surface area contributed by atoms with Crippen LogP contribution in [0.1, 0.15) is 16.7 Å². The molecule has 0 radical (unpaired) electrons. The molecule has 3 amide bonds. The molecule has 0 unspecified atom stereocenters. The molecule has 4 aromatic rings. The Morgan fingerprint density at radius 1 is 0.968 bits per heavy atom. The molecular formula is C24H21N5O2. The van der Waals surface area contributed by atoms with Crippen molar-refractivity contribution in [1.29, 1.82) is 0 Å². The van der Waals surface area contributed by atoms with E-state index >= 15 is 0 Å². The van der Waals surface area contributed by atoms with Crippen LogP contribution in [0.4, 0.5) is 10.6 Å². The third kappa shape index (κ3) is 4.79. The lowest BCUT2D eigenvalue weighted by Gasteiger charge is -2.07. The first kappa shape index (κ1) is 19.9. The number of benzene rings is 2. The Hall–Kier alpha value is -4.39. The van der Waals surface area contributed by atoms with Crippen molar-refractivity contribution in [3.05, 3.63) is 95.7 Å². The van der Waals surface area contributed by atoms with Gasteiger partial charge < -0.3 is 16.0 Å². The highest BCUT2D eigenvalue weighted by Crippen LogP contribution is 2.24. The lowest BCUT2D eigenvalue weighted by Crippen LogP contribution is -2.28. The van der Waals surface area contributed by atoms with Crippen LogP contribution in [0.3, 0.4) is 0 Å². The van der Waals surface area contributed by atoms with Crippen molar-refractivity contribution in [2.24, 2.45) is 5.73 Å². The van der Waals surface area contributed by atoms with Crippen LogP contribution in [-0.4, -0.2) is 21.9 Å². The number of carbonyl (C=O) groups excluding carboxylic acids is 2. The molecule has 0 atom stereocenters. The van der Waals surface area contributed by atoms with Crippen LogP contribution < -0.4 is 16.4 Å². The molecule has 0 aliphatic carbocycles. The number of primary amides is 1. The Morgan fingerprint density at radius 2 is 1.68 bits per heavy atom. The molecule has 0 aliphatic rings. The summed E-state index contributed by atoms with van der Waals surface area (Å²) in [4.78, 5) is 31.7. The molecule has 4 rings (SSSR count). The number of amides is 3. The average molecular weight is 411 g/mol. The number of aromatic nitrogens is 2. The van der Waals surface area contributed by atoms with Crippen molar-refractivity contribution in [2.75, 3.05) is 5.32 Å². The van der Waals surface area contributed by atoms with Gasteiger partial charge in [-0.1, -0.05) is 60.7 Å². The Bertz CT molecular complexity index is 1250. The molecule has 7 heteroatoms. The number of nitrogens with zero attached hydrogens (tertiary/aromatic N) is 1. The number of hydrogen-bond donors (Lipinski definition) is 4. The van der Waals surface area contributed by atoms with E-state index in [4.69, 9.17) is 5.73 Å². The molecule has 2 aromatic carbocycles. The first-order chi connectivity index (χ1) is 15.1. The second-order valence-corrected chi connectivity index (χ2v) is 6.92. The molecule has 0 bridgehead atoms. The zero-order valence-corrected chi connectivity index (χ0v) is 16.6. The number of carbonyl (C=O) groups is 2. The number of hydrogen-bond acceptors (Lipinski definition) is 3. The smallest absolute Gasteiger partial charge is 0.320 e. The number of pyridine rings is 1. The van der Waals surface area contributed by atoms with E-state index in [0.29, 0.717) is 23.6 Å². The van der Waals surface area contributed by atoms with Crippen LogP contribution in [0, 0.1) is 0 Å². The van der Waals surface area contributed by atoms with Crippen LogP contribution in [0.2, 0.25) is 0 Å². The third-order valence-corrected chi connectivity index (χ3v) is 4.76. The van der Waals surface area contributed by atoms with Crippen molar-refractivity contribution in [2.45, 2.75) is 6.54 Å². The number of urea groups is 1. The second-order valence-electron chi connectivity index (χ2n) is 6.92. The van der Waals surface area contributed by atoms with Crippen LogP contribution in [0.15, 0.2) is 79.0 Å². The predicted molar refractivity (Wildman–Crippen MR) is 122 cm³/mol. The zero-order valence-electron chi connectivity index (χ0n) is 16.6. The summed E-state index contributed by atoms with van der Waals surface area (Å²) in [6.45, 7) is 0.418. The van der Waals surface area contributed by atoms with E-state index in [1.165, 1.54) is 0 Å². The normalized spacial score (nSPS) is 11.3. The van der Waals surface area contributed by atoms with Gasteiger partial charge in [-0.05, 0) is 29.3 Å². The van der Waals surface area contributed by atoms with Crippen molar-refractivity contribution < 1.29 is 9.59 Å². The highest BCUT2D eigenvalue weighted by molar-refractivity contribution is 6.24. The van der Waals surface area contributed by atoms with Gasteiger partial charge in [-0.3, -0.25) is 10.1 Å². The Kier molecular flexibility index (Phi) is 5.75. The topological polar surface area (TPSA) is 113 Å². The summed E-state index contributed by atoms with van der Waals surface area (Å²) >= 11 is 0. The van der Waals surface area contributed by atoms with Crippen molar-refractivity contribution in [3.8, 4) is 0 Å². The summed E-state index contributed by atoms with van der Waals surface area (Å²) in [5, 5.41) is 6.33. The Morgan fingerprint density at radius 3 is 2.39 bits per heavy atom. The van der Waals surface area contributed by atoms with Crippen molar-refractivity contribution in [1.82, 2.24) is 15.3 Å². The zero-order chi connectivity index (χ0) is 21.6. The lowest BCUT2D eigenvalue weighted by molar-refractivity contribution is -0.112. The summed E-state index contributed by atoms with van der Waals surface area (Å²) in [7, 11) is 0. The molecule has 31 heavy (non-hydrogen) atoms. The number of nitrogens with two attached hydrogens (primary N) is 1. The number of nitrogens with one attached hydrogen (secondary N) is 3. The van der Waals surface area contributed by atoms with Gasteiger partial charge in [0, 0.05) is 29.3 Å². The highest BCUT2D eigenvalue weighted by atomic mass is 16.2. The van der Waals surface area contributed by atoms with E-state index in [9.17, 15) is 9.59 Å². The van der Waals surface area contributed by atoms with Crippen LogP contribution >= 0.6 is 0 Å². The van der Waals surface area contributed by atoms with E-state index in [1.54, 1.807) is 18.3 Å². The van der Waals surface area contributed by atoms with Gasteiger partial charge in [-0.15, -0.1) is 0 Å². The van der Waals surface area contributed by atoms with Crippen LogP contribution in [0.25, 0.3) is 22.7 Å². The first-order valence-corrected chi connectivity index (χ1v) is 9.74. The minimum absolute atomic E-state index is 0.345. The number of rotatable bonds is 6. The summed E-state index contributed by atoms with van der Waals surface area (Å²) in [5.74, 6) is -0.101. The molecule has 0 aliphatic heterocycles. The molecule has 2 aromatic heterocycles. The van der Waals surface area contributed by atoms with Crippen LogP contribution in [-0.2, 0) is 11.3 Å². The predicted octanol–water partition coefficient (Wildman–Crippen LogP) is 3.91. The lowest BCUT2D eigenvalue weighted by atomic mass is 10.0. The van der Waals surface area contributed by atoms with Gasteiger partial charge in [0.25, 0.3) is 0 Å². The monoisotopic (exact) mass is 411 g/mol. The Labute approximate surface area is 179 Å². The van der Waals surface area contributed by atoms with E-state index in [-0.39, 0.29) is 6.03 Å². The Balaban J connectivity index is 1.51. The summed E-state index contributed by atoms with van der Waals surface area (Å²) in [5.41, 5.74) is 9.11. The van der Waals surface area contributed by atoms with Gasteiger partial charge in [0.05, 0.1) is 0 Å². The summed E-state index contributed by atoms with van der Waals surface area (Å²) in [6, 6.07) is 22.1. The van der Waals surface area contributed by atoms with Crippen molar-refractivity contribution >= 4 is 40.4 Å². The minimum Gasteiger partial charge on any atom is -0.366 e. The second kappa shape index (κ2) is 8.96. The summed E-state index contributed by atoms with van der Waals surface area (Å²) < 4.78 is 0. The van der Waals surface area contributed by atoms with Gasteiger partial charge >= 0.3 is 6.03 Å². The number of aromatic amines is 1. The van der Waals surface area contributed by atoms with Gasteiger partial charge in [0.1, 0.15) is 11.5 Å². The SMILES string of the molecule is NC(=O)C(=Cc1c[nH]c2nc(NC(=O)NCc3ccccc3)ccc12)c1ccccc1. The van der Waals surface area contributed by atoms with E-state index < -0.39 is 5.91 Å². The quantitative estimate of drug-likeness (QED) is 0.361. The molecule has 5 N–H and O–H groups in total. The number of fused-ring (bicyclic) bond motifs is 1. The molecule has 154 valence electrons. The maximum atomic E-state index is 12.2. The van der Waals surface area contributed by atoms with Crippen molar-refractivity contribution in [3.63, 3.8) is 0 Å². The van der Waals surface area contributed by atoms with Gasteiger partial charge in [-0.25, -0.2) is 9.78 Å². The molecule has 7 nitrogen and oxygen atoms in total. The molecular weight excluding hydrogens is 390 g/mol. The molecule has 0 fully saturated rings. The fraction of sp³-hybridized carbons (Fsp3) is 0.0417. The van der Waals surface area contributed by atoms with E-state index in [1.807, 2.05) is 66.7 Å². The molecule has 2 heterocycles. The number of H-pyrrole nitrogens is 1. The fourth-order valence-corrected chi connectivity index (χ4v) is 3.22. The van der Waals surface area contributed by atoms with Gasteiger partial charge in [-0.2, -0.15) is 0 Å². The molecule has 0 spiro atoms.